The number of aromatic nitrogens is 1. The van der Waals surface area contributed by atoms with Gasteiger partial charge in [-0.05, 0) is 24.1 Å². The Bertz CT molecular complexity index is 656. The van der Waals surface area contributed by atoms with Crippen LogP contribution in [0.1, 0.15) is 23.2 Å². The smallest absolute Gasteiger partial charge is 0.253 e. The van der Waals surface area contributed by atoms with Gasteiger partial charge in [0.1, 0.15) is 5.15 Å². The van der Waals surface area contributed by atoms with Crippen LogP contribution >= 0.6 is 11.6 Å². The third-order valence-electron chi connectivity index (χ3n) is 3.57. The molecule has 1 amide bonds. The van der Waals surface area contributed by atoms with E-state index in [0.717, 1.165) is 23.3 Å². The van der Waals surface area contributed by atoms with E-state index in [2.05, 4.69) is 10.3 Å². The summed E-state index contributed by atoms with van der Waals surface area (Å²) in [6, 6.07) is 7.50. The van der Waals surface area contributed by atoms with Gasteiger partial charge in [0, 0.05) is 24.7 Å². The third-order valence-corrected chi connectivity index (χ3v) is 3.87. The predicted octanol–water partition coefficient (Wildman–Crippen LogP) is 3.04. The Morgan fingerprint density at radius 1 is 1.33 bits per heavy atom. The highest BCUT2D eigenvalue weighted by atomic mass is 35.5. The molecule has 1 saturated carbocycles. The molecule has 1 fully saturated rings. The van der Waals surface area contributed by atoms with E-state index in [-0.39, 0.29) is 5.91 Å². The number of ether oxygens (including phenoxy) is 1. The van der Waals surface area contributed by atoms with Crippen molar-refractivity contribution < 1.29 is 9.53 Å². The van der Waals surface area contributed by atoms with Crippen LogP contribution in [0.25, 0.3) is 10.8 Å². The van der Waals surface area contributed by atoms with E-state index in [1.807, 2.05) is 24.3 Å². The molecule has 1 heterocycles. The van der Waals surface area contributed by atoms with E-state index < -0.39 is 0 Å². The van der Waals surface area contributed by atoms with Gasteiger partial charge in [0.15, 0.2) is 0 Å². The summed E-state index contributed by atoms with van der Waals surface area (Å²) in [5, 5.41) is 4.87. The number of nitrogens with zero attached hydrogens (tertiary/aromatic N) is 1. The number of carbonyl (C=O) groups is 1. The monoisotopic (exact) mass is 304 g/mol. The number of rotatable bonds is 6. The zero-order valence-electron chi connectivity index (χ0n) is 11.6. The number of benzene rings is 1. The van der Waals surface area contributed by atoms with Gasteiger partial charge in [-0.2, -0.15) is 0 Å². The van der Waals surface area contributed by atoms with Crippen LogP contribution in [-0.4, -0.2) is 30.6 Å². The Labute approximate surface area is 128 Å². The lowest BCUT2D eigenvalue weighted by molar-refractivity contribution is 0.0908. The Hall–Kier alpha value is -1.65. The van der Waals surface area contributed by atoms with E-state index in [4.69, 9.17) is 16.3 Å². The number of carbonyl (C=O) groups excluding carboxylic acids is 1. The van der Waals surface area contributed by atoms with Crippen molar-refractivity contribution in [1.82, 2.24) is 10.3 Å². The highest BCUT2D eigenvalue weighted by Gasteiger charge is 2.21. The van der Waals surface area contributed by atoms with Crippen molar-refractivity contribution in [3.05, 3.63) is 41.2 Å². The maximum Gasteiger partial charge on any atom is 0.253 e. The van der Waals surface area contributed by atoms with Crippen LogP contribution < -0.4 is 5.32 Å². The first kappa shape index (κ1) is 14.3. The Morgan fingerprint density at radius 2 is 2.10 bits per heavy atom. The lowest BCUT2D eigenvalue weighted by atomic mass is 10.1. The number of nitrogens with one attached hydrogen (secondary N) is 1. The van der Waals surface area contributed by atoms with Gasteiger partial charge in [-0.15, -0.1) is 0 Å². The second-order valence-corrected chi connectivity index (χ2v) is 5.64. The van der Waals surface area contributed by atoms with Gasteiger partial charge in [-0.1, -0.05) is 35.9 Å². The van der Waals surface area contributed by atoms with Crippen molar-refractivity contribution in [3.63, 3.8) is 0 Å². The average Bonchev–Trinajstić information content (AvgIpc) is 3.31. The zero-order chi connectivity index (χ0) is 14.7. The second-order valence-electron chi connectivity index (χ2n) is 5.28. The van der Waals surface area contributed by atoms with Crippen LogP contribution in [0.2, 0.25) is 5.15 Å². The number of halogens is 1. The fourth-order valence-corrected chi connectivity index (χ4v) is 2.42. The summed E-state index contributed by atoms with van der Waals surface area (Å²) in [4.78, 5) is 16.3. The molecule has 1 aliphatic rings. The van der Waals surface area contributed by atoms with E-state index in [1.165, 1.54) is 19.0 Å². The lowest BCUT2D eigenvalue weighted by Crippen LogP contribution is -2.27. The highest BCUT2D eigenvalue weighted by Crippen LogP contribution is 2.28. The highest BCUT2D eigenvalue weighted by molar-refractivity contribution is 6.34. The number of amides is 1. The number of hydrogen-bond donors (Lipinski definition) is 1. The molecule has 21 heavy (non-hydrogen) atoms. The van der Waals surface area contributed by atoms with Crippen molar-refractivity contribution >= 4 is 28.3 Å². The minimum absolute atomic E-state index is 0.148. The van der Waals surface area contributed by atoms with Crippen LogP contribution in [0.5, 0.6) is 0 Å². The number of hydrogen-bond acceptors (Lipinski definition) is 3. The molecule has 0 spiro atoms. The van der Waals surface area contributed by atoms with E-state index in [0.29, 0.717) is 23.9 Å². The van der Waals surface area contributed by atoms with E-state index in [1.54, 1.807) is 0 Å². The molecule has 0 atom stereocenters. The topological polar surface area (TPSA) is 51.2 Å². The molecule has 110 valence electrons. The lowest BCUT2D eigenvalue weighted by Gasteiger charge is -2.09. The Balaban J connectivity index is 1.62. The van der Waals surface area contributed by atoms with Crippen LogP contribution in [0.4, 0.5) is 0 Å². The van der Waals surface area contributed by atoms with Crippen LogP contribution in [0.15, 0.2) is 30.5 Å². The molecule has 0 unspecified atom stereocenters. The largest absolute Gasteiger partial charge is 0.379 e. The van der Waals surface area contributed by atoms with Crippen molar-refractivity contribution in [2.45, 2.75) is 12.8 Å². The molecule has 1 aromatic heterocycles. The van der Waals surface area contributed by atoms with Crippen LogP contribution in [0, 0.1) is 5.92 Å². The molecule has 0 saturated heterocycles. The molecule has 3 rings (SSSR count). The third kappa shape index (κ3) is 3.52. The van der Waals surface area contributed by atoms with Crippen LogP contribution in [0.3, 0.4) is 0 Å². The minimum Gasteiger partial charge on any atom is -0.379 e. The summed E-state index contributed by atoms with van der Waals surface area (Å²) in [6.45, 7) is 1.85. The van der Waals surface area contributed by atoms with E-state index in [9.17, 15) is 4.79 Å². The standard InChI is InChI=1S/C16H17ClN2O2/c17-15-13-4-2-1-3-12(13)14(9-19-15)16(20)18-7-8-21-10-11-5-6-11/h1-4,9,11H,5-8,10H2,(H,18,20). The molecule has 0 aliphatic heterocycles. The predicted molar refractivity (Wildman–Crippen MR) is 82.6 cm³/mol. The van der Waals surface area contributed by atoms with Gasteiger partial charge in [0.2, 0.25) is 0 Å². The maximum atomic E-state index is 12.2. The minimum atomic E-state index is -0.148. The van der Waals surface area contributed by atoms with Gasteiger partial charge in [0.25, 0.3) is 5.91 Å². The summed E-state index contributed by atoms with van der Waals surface area (Å²) in [5.74, 6) is 0.593. The molecule has 2 aromatic rings. The van der Waals surface area contributed by atoms with Crippen molar-refractivity contribution in [1.29, 1.82) is 0 Å². The Morgan fingerprint density at radius 3 is 2.86 bits per heavy atom. The SMILES string of the molecule is O=C(NCCOCC1CC1)c1cnc(Cl)c2ccccc12. The fourth-order valence-electron chi connectivity index (χ4n) is 2.21. The summed E-state index contributed by atoms with van der Waals surface area (Å²) < 4.78 is 5.50. The van der Waals surface area contributed by atoms with Crippen LogP contribution in [-0.2, 0) is 4.74 Å². The average molecular weight is 305 g/mol. The quantitative estimate of drug-likeness (QED) is 0.659. The molecule has 0 radical (unpaired) electrons. The summed E-state index contributed by atoms with van der Waals surface area (Å²) in [7, 11) is 0. The summed E-state index contributed by atoms with van der Waals surface area (Å²) >= 11 is 6.05. The number of fused-ring (bicyclic) bond motifs is 1. The van der Waals surface area contributed by atoms with Gasteiger partial charge >= 0.3 is 0 Å². The molecule has 0 bridgehead atoms. The summed E-state index contributed by atoms with van der Waals surface area (Å²) in [5.41, 5.74) is 0.539. The molecular weight excluding hydrogens is 288 g/mol. The first-order valence-electron chi connectivity index (χ1n) is 7.15. The van der Waals surface area contributed by atoms with Crippen molar-refractivity contribution in [3.8, 4) is 0 Å². The molecule has 1 N–H and O–H groups in total. The molecule has 4 nitrogen and oxygen atoms in total. The maximum absolute atomic E-state index is 12.2. The van der Waals surface area contributed by atoms with Gasteiger partial charge in [0.05, 0.1) is 12.2 Å². The van der Waals surface area contributed by atoms with Gasteiger partial charge < -0.3 is 10.1 Å². The first-order chi connectivity index (χ1) is 10.3. The van der Waals surface area contributed by atoms with Gasteiger partial charge in [-0.3, -0.25) is 4.79 Å². The molecule has 1 aliphatic carbocycles. The first-order valence-corrected chi connectivity index (χ1v) is 7.52. The molecule has 5 heteroatoms. The fraction of sp³-hybridized carbons (Fsp3) is 0.375. The Kier molecular flexibility index (Phi) is 4.36. The second kappa shape index (κ2) is 6.41. The molecule has 1 aromatic carbocycles. The number of pyridine rings is 1. The van der Waals surface area contributed by atoms with Gasteiger partial charge in [-0.25, -0.2) is 4.98 Å². The summed E-state index contributed by atoms with van der Waals surface area (Å²) in [6.07, 6.45) is 4.06. The van der Waals surface area contributed by atoms with Crippen molar-refractivity contribution in [2.75, 3.05) is 19.8 Å². The van der Waals surface area contributed by atoms with Crippen molar-refractivity contribution in [2.24, 2.45) is 5.92 Å². The zero-order valence-corrected chi connectivity index (χ0v) is 12.4. The normalized spacial score (nSPS) is 14.3. The van der Waals surface area contributed by atoms with E-state index >= 15 is 0 Å². The molecular formula is C16H17ClN2O2.